The van der Waals surface area contributed by atoms with Gasteiger partial charge in [-0.05, 0) is 6.42 Å². The molecule has 2 amide bonds. The Morgan fingerprint density at radius 1 is 1.36 bits per heavy atom. The highest BCUT2D eigenvalue weighted by Crippen LogP contribution is 2.31. The monoisotopic (exact) mass is 343 g/mol. The van der Waals surface area contributed by atoms with E-state index in [-0.39, 0.29) is 30.5 Å². The van der Waals surface area contributed by atoms with Crippen molar-refractivity contribution in [2.45, 2.75) is 25.4 Å². The minimum Gasteiger partial charge on any atom is -0.375 e. The van der Waals surface area contributed by atoms with Gasteiger partial charge < -0.3 is 15.0 Å². The van der Waals surface area contributed by atoms with Crippen LogP contribution >= 0.6 is 0 Å². The highest BCUT2D eigenvalue weighted by Gasteiger charge is 2.37. The van der Waals surface area contributed by atoms with Crippen molar-refractivity contribution in [3.05, 3.63) is 36.2 Å². The van der Waals surface area contributed by atoms with Crippen LogP contribution in [0.4, 0.5) is 0 Å². The number of rotatable bonds is 5. The Balaban J connectivity index is 1.77. The van der Waals surface area contributed by atoms with E-state index in [9.17, 15) is 9.59 Å². The summed E-state index contributed by atoms with van der Waals surface area (Å²) in [5.74, 6) is 0.953. The van der Waals surface area contributed by atoms with Crippen LogP contribution in [-0.4, -0.2) is 58.2 Å². The minimum atomic E-state index is -0.240. The third-order valence-electron chi connectivity index (χ3n) is 4.20. The molecule has 2 heterocycles. The van der Waals surface area contributed by atoms with E-state index in [1.54, 1.807) is 4.90 Å². The molecule has 0 bridgehead atoms. The molecule has 1 aliphatic rings. The molecule has 1 aromatic heterocycles. The summed E-state index contributed by atoms with van der Waals surface area (Å²) in [6, 6.07) is 9.25. The van der Waals surface area contributed by atoms with Crippen molar-refractivity contribution >= 4 is 11.8 Å². The molecule has 1 fully saturated rings. The number of methoxy groups -OCH3 is 1. The quantitative estimate of drug-likeness (QED) is 0.840. The number of ether oxygens (including phenoxy) is 1. The molecule has 25 heavy (non-hydrogen) atoms. The lowest BCUT2D eigenvalue weighted by molar-refractivity contribution is -0.130. The van der Waals surface area contributed by atoms with Crippen LogP contribution in [0.5, 0.6) is 0 Å². The van der Waals surface area contributed by atoms with Crippen LogP contribution < -0.4 is 5.32 Å². The van der Waals surface area contributed by atoms with Crippen molar-refractivity contribution < 1.29 is 14.3 Å². The number of nitrogens with zero attached hydrogens (tertiary/aromatic N) is 3. The van der Waals surface area contributed by atoms with E-state index in [4.69, 9.17) is 4.74 Å². The van der Waals surface area contributed by atoms with Gasteiger partial charge in [0, 0.05) is 32.2 Å². The van der Waals surface area contributed by atoms with Crippen LogP contribution in [0, 0.1) is 0 Å². The third-order valence-corrected chi connectivity index (χ3v) is 4.20. The Hall–Kier alpha value is -2.74. The lowest BCUT2D eigenvalue weighted by atomic mass is 10.1. The highest BCUT2D eigenvalue weighted by atomic mass is 16.5. The molecule has 1 aromatic carbocycles. The molecule has 2 atom stereocenters. The van der Waals surface area contributed by atoms with Gasteiger partial charge in [0.15, 0.2) is 5.82 Å². The zero-order valence-electron chi connectivity index (χ0n) is 14.2. The molecule has 0 saturated carbocycles. The summed E-state index contributed by atoms with van der Waals surface area (Å²) in [7, 11) is 1.47. The number of amides is 2. The second-order valence-corrected chi connectivity index (χ2v) is 6.03. The van der Waals surface area contributed by atoms with E-state index in [1.807, 2.05) is 30.3 Å². The summed E-state index contributed by atoms with van der Waals surface area (Å²) in [6.45, 7) is 1.96. The summed E-state index contributed by atoms with van der Waals surface area (Å²) in [5, 5.41) is 10.1. The average Bonchev–Trinajstić information content (AvgIpc) is 3.22. The number of carbonyl (C=O) groups excluding carboxylic acids is 2. The molecule has 8 nitrogen and oxygen atoms in total. The van der Waals surface area contributed by atoms with E-state index >= 15 is 0 Å². The van der Waals surface area contributed by atoms with Crippen molar-refractivity contribution in [3.63, 3.8) is 0 Å². The number of carbonyl (C=O) groups is 2. The number of benzene rings is 1. The van der Waals surface area contributed by atoms with Gasteiger partial charge in [0.05, 0.1) is 6.04 Å². The SMILES string of the molecule is COCC(=O)N[C@H]1C[C@@H](c2nc(-c3ccccc3)n[nH]2)N(C(C)=O)C1. The third kappa shape index (κ3) is 3.85. The first-order chi connectivity index (χ1) is 12.1. The molecule has 8 heteroatoms. The van der Waals surface area contributed by atoms with E-state index in [0.29, 0.717) is 24.6 Å². The molecule has 1 aliphatic heterocycles. The van der Waals surface area contributed by atoms with Crippen molar-refractivity contribution in [3.8, 4) is 11.4 Å². The molecule has 132 valence electrons. The normalized spacial score (nSPS) is 19.8. The Bertz CT molecular complexity index is 746. The van der Waals surface area contributed by atoms with Gasteiger partial charge in [-0.25, -0.2) is 4.98 Å². The molecule has 2 N–H and O–H groups in total. The summed E-state index contributed by atoms with van der Waals surface area (Å²) in [4.78, 5) is 30.0. The fourth-order valence-electron chi connectivity index (χ4n) is 3.09. The van der Waals surface area contributed by atoms with Gasteiger partial charge in [-0.15, -0.1) is 0 Å². The zero-order chi connectivity index (χ0) is 17.8. The summed E-state index contributed by atoms with van der Waals surface area (Å²) in [5.41, 5.74) is 0.905. The van der Waals surface area contributed by atoms with Crippen LogP contribution in [0.2, 0.25) is 0 Å². The van der Waals surface area contributed by atoms with Crippen molar-refractivity contribution in [1.29, 1.82) is 0 Å². The van der Waals surface area contributed by atoms with Crippen molar-refractivity contribution in [2.24, 2.45) is 0 Å². The zero-order valence-corrected chi connectivity index (χ0v) is 14.2. The Morgan fingerprint density at radius 2 is 2.12 bits per heavy atom. The summed E-state index contributed by atoms with van der Waals surface area (Å²) < 4.78 is 4.83. The topological polar surface area (TPSA) is 100 Å². The fourth-order valence-corrected chi connectivity index (χ4v) is 3.09. The lowest BCUT2D eigenvalue weighted by Crippen LogP contribution is -2.39. The van der Waals surface area contributed by atoms with Crippen LogP contribution in [0.1, 0.15) is 25.2 Å². The predicted octanol–water partition coefficient (Wildman–Crippen LogP) is 0.896. The van der Waals surface area contributed by atoms with E-state index in [2.05, 4.69) is 20.5 Å². The van der Waals surface area contributed by atoms with Gasteiger partial charge in [-0.2, -0.15) is 5.10 Å². The fraction of sp³-hybridized carbons (Fsp3) is 0.412. The number of hydrogen-bond acceptors (Lipinski definition) is 5. The number of H-pyrrole nitrogens is 1. The highest BCUT2D eigenvalue weighted by molar-refractivity contribution is 5.78. The number of likely N-dealkylation sites (tertiary alicyclic amines) is 1. The van der Waals surface area contributed by atoms with Gasteiger partial charge in [-0.3, -0.25) is 14.7 Å². The Morgan fingerprint density at radius 3 is 2.80 bits per heavy atom. The number of aromatic nitrogens is 3. The number of aromatic amines is 1. The first-order valence-electron chi connectivity index (χ1n) is 8.11. The first-order valence-corrected chi connectivity index (χ1v) is 8.11. The number of nitrogens with one attached hydrogen (secondary N) is 2. The largest absolute Gasteiger partial charge is 0.375 e. The van der Waals surface area contributed by atoms with Gasteiger partial charge in [0.1, 0.15) is 12.4 Å². The second kappa shape index (κ2) is 7.43. The molecular weight excluding hydrogens is 322 g/mol. The Labute approximate surface area is 145 Å². The molecular formula is C17H21N5O3. The molecule has 0 unspecified atom stereocenters. The number of hydrogen-bond donors (Lipinski definition) is 2. The van der Waals surface area contributed by atoms with Crippen LogP contribution in [-0.2, 0) is 14.3 Å². The minimum absolute atomic E-state index is 0.00169. The molecule has 3 rings (SSSR count). The molecule has 0 aliphatic carbocycles. The second-order valence-electron chi connectivity index (χ2n) is 6.03. The predicted molar refractivity (Wildman–Crippen MR) is 90.4 cm³/mol. The molecule has 2 aromatic rings. The van der Waals surface area contributed by atoms with Crippen molar-refractivity contribution in [1.82, 2.24) is 25.4 Å². The van der Waals surface area contributed by atoms with E-state index in [0.717, 1.165) is 5.56 Å². The van der Waals surface area contributed by atoms with Crippen LogP contribution in [0.3, 0.4) is 0 Å². The first kappa shape index (κ1) is 17.1. The Kier molecular flexibility index (Phi) is 5.08. The molecule has 0 spiro atoms. The van der Waals surface area contributed by atoms with Crippen LogP contribution in [0.15, 0.2) is 30.3 Å². The van der Waals surface area contributed by atoms with E-state index < -0.39 is 0 Å². The average molecular weight is 343 g/mol. The van der Waals surface area contributed by atoms with E-state index in [1.165, 1.54) is 14.0 Å². The van der Waals surface area contributed by atoms with Gasteiger partial charge in [0.25, 0.3) is 0 Å². The van der Waals surface area contributed by atoms with Gasteiger partial charge >= 0.3 is 0 Å². The van der Waals surface area contributed by atoms with Gasteiger partial charge in [-0.1, -0.05) is 30.3 Å². The smallest absolute Gasteiger partial charge is 0.246 e. The lowest BCUT2D eigenvalue weighted by Gasteiger charge is -2.20. The summed E-state index contributed by atoms with van der Waals surface area (Å²) >= 11 is 0. The molecule has 1 saturated heterocycles. The maximum Gasteiger partial charge on any atom is 0.246 e. The standard InChI is InChI=1S/C17H21N5O3/c1-11(23)22-9-13(18-15(24)10-25-2)8-14(22)17-19-16(20-21-17)12-6-4-3-5-7-12/h3-7,13-14H,8-10H2,1-2H3,(H,18,24)(H,19,20,21)/t13-,14-/m0/s1. The summed E-state index contributed by atoms with van der Waals surface area (Å²) in [6.07, 6.45) is 0.582. The van der Waals surface area contributed by atoms with Gasteiger partial charge in [0.2, 0.25) is 11.8 Å². The molecule has 0 radical (unpaired) electrons. The van der Waals surface area contributed by atoms with Crippen molar-refractivity contribution in [2.75, 3.05) is 20.3 Å². The maximum atomic E-state index is 12.0. The van der Waals surface area contributed by atoms with Crippen LogP contribution in [0.25, 0.3) is 11.4 Å². The maximum absolute atomic E-state index is 12.0.